The van der Waals surface area contributed by atoms with Crippen LogP contribution in [0, 0.1) is 11.3 Å². The minimum atomic E-state index is -2.43. The van der Waals surface area contributed by atoms with Gasteiger partial charge in [0.1, 0.15) is 13.4 Å². The van der Waals surface area contributed by atoms with E-state index in [4.69, 9.17) is 14.5 Å². The van der Waals surface area contributed by atoms with E-state index in [1.165, 1.54) is 16.8 Å². The lowest BCUT2D eigenvalue weighted by molar-refractivity contribution is -0.0267. The number of nitrogens with zero attached hydrogens (tertiary/aromatic N) is 4. The van der Waals surface area contributed by atoms with Crippen LogP contribution in [0.4, 0.5) is 0 Å². The fourth-order valence-electron chi connectivity index (χ4n) is 3.47. The van der Waals surface area contributed by atoms with E-state index in [2.05, 4.69) is 41.2 Å². The molecule has 10 nitrogen and oxygen atoms in total. The molecule has 33 heavy (non-hydrogen) atoms. The highest BCUT2D eigenvalue weighted by molar-refractivity contribution is 7.65. The molecule has 12 heteroatoms. The van der Waals surface area contributed by atoms with E-state index in [1.807, 2.05) is 0 Å². The van der Waals surface area contributed by atoms with Gasteiger partial charge in [-0.3, -0.25) is 14.3 Å². The Morgan fingerprint density at radius 2 is 2.18 bits per heavy atom. The first-order valence-electron chi connectivity index (χ1n) is 11.1. The Bertz CT molecular complexity index is 996. The molecule has 1 saturated heterocycles. The summed E-state index contributed by atoms with van der Waals surface area (Å²) in [6.07, 6.45) is 2.96. The van der Waals surface area contributed by atoms with Crippen molar-refractivity contribution in [2.45, 2.75) is 52.0 Å². The zero-order chi connectivity index (χ0) is 24.6. The summed E-state index contributed by atoms with van der Waals surface area (Å²) in [5.41, 5.74) is -1.00. The van der Waals surface area contributed by atoms with Gasteiger partial charge in [0.05, 0.1) is 25.2 Å². The van der Waals surface area contributed by atoms with E-state index in [0.29, 0.717) is 32.5 Å². The molecule has 3 unspecified atom stereocenters. The predicted octanol–water partition coefficient (Wildman–Crippen LogP) is 3.15. The summed E-state index contributed by atoms with van der Waals surface area (Å²) in [4.78, 5) is 26.2. The number of hydrogen-bond donors (Lipinski definition) is 1. The van der Waals surface area contributed by atoms with Crippen molar-refractivity contribution in [1.29, 1.82) is 5.26 Å². The molecule has 0 bridgehead atoms. The monoisotopic (exact) mass is 499 g/mol. The highest BCUT2D eigenvalue weighted by Gasteiger charge is 2.34. The third-order valence-electron chi connectivity index (χ3n) is 4.98. The molecular formula is C21H35N5O5P2. The molecule has 184 valence electrons. The van der Waals surface area contributed by atoms with E-state index in [0.717, 1.165) is 6.54 Å². The molecule has 1 aliphatic heterocycles. The molecule has 0 aromatic carbocycles. The van der Waals surface area contributed by atoms with Gasteiger partial charge in [0, 0.05) is 44.4 Å². The third-order valence-corrected chi connectivity index (χ3v) is 8.32. The minimum absolute atomic E-state index is 0.227. The van der Waals surface area contributed by atoms with Crippen LogP contribution in [0.15, 0.2) is 33.7 Å². The third kappa shape index (κ3) is 8.60. The van der Waals surface area contributed by atoms with Gasteiger partial charge < -0.3 is 13.8 Å². The molecule has 1 N–H and O–H groups in total. The highest BCUT2D eigenvalue weighted by atomic mass is 31.2. The van der Waals surface area contributed by atoms with Crippen molar-refractivity contribution in [2.75, 3.05) is 39.6 Å². The molecule has 2 rings (SSSR count). The summed E-state index contributed by atoms with van der Waals surface area (Å²) in [5.74, 6) is 1.67. The number of H-pyrrole nitrogens is 1. The van der Waals surface area contributed by atoms with Gasteiger partial charge in [-0.2, -0.15) is 5.26 Å². The lowest BCUT2D eigenvalue weighted by Crippen LogP contribution is -2.37. The smallest absolute Gasteiger partial charge is 0.330 e. The van der Waals surface area contributed by atoms with Gasteiger partial charge >= 0.3 is 5.69 Å². The van der Waals surface area contributed by atoms with Gasteiger partial charge in [-0.05, 0) is 33.0 Å². The zero-order valence-corrected chi connectivity index (χ0v) is 21.8. The molecule has 0 amide bonds. The van der Waals surface area contributed by atoms with Crippen LogP contribution in [0.5, 0.6) is 0 Å². The summed E-state index contributed by atoms with van der Waals surface area (Å²) in [6.45, 7) is 11.8. The van der Waals surface area contributed by atoms with Crippen molar-refractivity contribution in [1.82, 2.24) is 18.9 Å². The number of aromatic nitrogens is 2. The van der Waals surface area contributed by atoms with Crippen LogP contribution in [0.3, 0.4) is 0 Å². The van der Waals surface area contributed by atoms with E-state index >= 15 is 0 Å². The number of hydrogen-bond acceptors (Lipinski definition) is 8. The number of nitrogens with one attached hydrogen (secondary N) is 1. The fraction of sp³-hybridized carbons (Fsp3) is 0.667. The summed E-state index contributed by atoms with van der Waals surface area (Å²) in [7, 11) is -3.62. The Kier molecular flexibility index (Phi) is 10.7. The average molecular weight is 499 g/mol. The maximum atomic E-state index is 12.4. The number of aromatic amines is 1. The van der Waals surface area contributed by atoms with Crippen molar-refractivity contribution in [2.24, 2.45) is 0 Å². The summed E-state index contributed by atoms with van der Waals surface area (Å²) in [6, 6.07) is 3.64. The summed E-state index contributed by atoms with van der Waals surface area (Å²) < 4.78 is 30.6. The fourth-order valence-corrected chi connectivity index (χ4v) is 6.19. The van der Waals surface area contributed by atoms with Crippen LogP contribution in [0.2, 0.25) is 0 Å². The minimum Gasteiger partial charge on any atom is -0.349 e. The number of rotatable bonds is 10. The molecule has 1 fully saturated rings. The first kappa shape index (κ1) is 27.7. The van der Waals surface area contributed by atoms with E-state index in [9.17, 15) is 14.2 Å². The van der Waals surface area contributed by atoms with Crippen molar-refractivity contribution >= 4 is 15.6 Å². The number of ether oxygens (including phenoxy) is 1. The molecule has 0 aliphatic carbocycles. The quantitative estimate of drug-likeness (QED) is 0.385. The van der Waals surface area contributed by atoms with Gasteiger partial charge in [-0.25, -0.2) is 14.1 Å². The predicted molar refractivity (Wildman–Crippen MR) is 131 cm³/mol. The maximum absolute atomic E-state index is 12.4. The Morgan fingerprint density at radius 1 is 1.45 bits per heavy atom. The van der Waals surface area contributed by atoms with Gasteiger partial charge in [-0.15, -0.1) is 0 Å². The number of nitriles is 1. The van der Waals surface area contributed by atoms with E-state index < -0.39 is 39.2 Å². The molecule has 0 radical (unpaired) electrons. The van der Waals surface area contributed by atoms with E-state index in [1.54, 1.807) is 25.2 Å². The van der Waals surface area contributed by atoms with Crippen LogP contribution >= 0.6 is 15.6 Å². The zero-order valence-electron chi connectivity index (χ0n) is 20.0. The lowest BCUT2D eigenvalue weighted by Gasteiger charge is -2.39. The Hall–Kier alpha value is -1.59. The molecule has 0 spiro atoms. The second-order valence-corrected chi connectivity index (χ2v) is 13.5. The highest BCUT2D eigenvalue weighted by Crippen LogP contribution is 2.48. The first-order valence-corrected chi connectivity index (χ1v) is 14.9. The Morgan fingerprint density at radius 3 is 2.76 bits per heavy atom. The molecule has 2 heterocycles. The molecule has 3 atom stereocenters. The SMILES string of the molecule is CCN(C(C)C)P(OCCC#N)N1CCC(n2ccc(=O)[nH]c2=O)OC(/C=C/P(C)(C)=O)C1. The Balaban J connectivity index is 2.40. The average Bonchev–Trinajstić information content (AvgIpc) is 2.94. The topological polar surface area (TPSA) is 121 Å². The molecule has 1 aliphatic rings. The summed E-state index contributed by atoms with van der Waals surface area (Å²) in [5, 5.41) is 8.97. The van der Waals surface area contributed by atoms with Gasteiger partial charge in [0.2, 0.25) is 0 Å². The maximum Gasteiger partial charge on any atom is 0.330 e. The first-order chi connectivity index (χ1) is 15.6. The second-order valence-electron chi connectivity index (χ2n) is 8.47. The normalized spacial score (nSPS) is 21.4. The van der Waals surface area contributed by atoms with Crippen LogP contribution in [-0.2, 0) is 13.8 Å². The van der Waals surface area contributed by atoms with Crippen LogP contribution in [0.1, 0.15) is 39.8 Å². The molecule has 1 aromatic rings. The van der Waals surface area contributed by atoms with E-state index in [-0.39, 0.29) is 6.04 Å². The molecule has 0 saturated carbocycles. The van der Waals surface area contributed by atoms with Gasteiger partial charge in [-0.1, -0.05) is 13.0 Å². The van der Waals surface area contributed by atoms with Crippen molar-refractivity contribution in [3.05, 3.63) is 45.0 Å². The largest absolute Gasteiger partial charge is 0.349 e. The van der Waals surface area contributed by atoms with Gasteiger partial charge in [0.25, 0.3) is 5.56 Å². The van der Waals surface area contributed by atoms with Crippen LogP contribution in [-0.4, -0.2) is 70.6 Å². The summed E-state index contributed by atoms with van der Waals surface area (Å²) >= 11 is 0. The second kappa shape index (κ2) is 12.8. The lowest BCUT2D eigenvalue weighted by atomic mass is 10.3. The molecular weight excluding hydrogens is 464 g/mol. The molecule has 1 aromatic heterocycles. The van der Waals surface area contributed by atoms with Crippen molar-refractivity contribution < 1.29 is 13.8 Å². The van der Waals surface area contributed by atoms with Crippen LogP contribution < -0.4 is 11.2 Å². The van der Waals surface area contributed by atoms with Gasteiger partial charge in [0.15, 0.2) is 8.45 Å². The Labute approximate surface area is 196 Å². The standard InChI is InChI=1S/C21H35N5O5P2/c1-6-26(17(2)3)32(30-14-7-11-22)24-12-9-20(25-13-8-19(27)23-21(25)28)31-18(16-24)10-15-33(4,5)29/h8,10,13,15,17-18,20H,6-7,9,12,14,16H2,1-5H3,(H,23,27,28)/b15-10+. The van der Waals surface area contributed by atoms with Crippen molar-refractivity contribution in [3.63, 3.8) is 0 Å². The van der Waals surface area contributed by atoms with Crippen molar-refractivity contribution in [3.8, 4) is 6.07 Å². The van der Waals surface area contributed by atoms with Crippen LogP contribution in [0.25, 0.3) is 0 Å².